The highest BCUT2D eigenvalue weighted by Gasteiger charge is 2.95. The standard InChI is InChI=1S/C29H22F17NP/c1-47(48(19-11-5-2-6-12-19,20-13-7-3-8-14-20)21-15-9-4-10-16-21)18-17-22(30,31)23(32,33)24(34,35)25(36,37)26(38,39)27(40,41)28(42,43)29(44,45)46/h2-16H,17-18H2,1H3/q+1. The molecule has 0 saturated heterocycles. The molecule has 0 aliphatic rings. The molecular formula is C29H22F17NP+. The van der Waals surface area contributed by atoms with E-state index in [0.29, 0.717) is 15.9 Å². The molecule has 3 aromatic carbocycles. The van der Waals surface area contributed by atoms with Gasteiger partial charge in [-0.15, -0.1) is 0 Å². The first-order valence-corrected chi connectivity index (χ1v) is 14.9. The lowest BCUT2D eigenvalue weighted by Gasteiger charge is -2.42. The lowest BCUT2D eigenvalue weighted by Crippen LogP contribution is -2.74. The molecule has 0 heterocycles. The maximum Gasteiger partial charge on any atom is 0.460 e. The van der Waals surface area contributed by atoms with Gasteiger partial charge in [-0.25, -0.2) is 0 Å². The van der Waals surface area contributed by atoms with Gasteiger partial charge in [-0.3, -0.25) is 4.33 Å². The van der Waals surface area contributed by atoms with E-state index >= 15 is 0 Å². The molecule has 0 fully saturated rings. The Balaban J connectivity index is 2.18. The largest absolute Gasteiger partial charge is 0.460 e. The van der Waals surface area contributed by atoms with Crippen molar-refractivity contribution in [3.8, 4) is 0 Å². The van der Waals surface area contributed by atoms with E-state index in [9.17, 15) is 74.6 Å². The van der Waals surface area contributed by atoms with Crippen LogP contribution < -0.4 is 15.9 Å². The van der Waals surface area contributed by atoms with Crippen molar-refractivity contribution in [3.63, 3.8) is 0 Å². The summed E-state index contributed by atoms with van der Waals surface area (Å²) in [6.45, 7) is -1.41. The first-order valence-electron chi connectivity index (χ1n) is 13.2. The zero-order valence-electron chi connectivity index (χ0n) is 23.9. The third-order valence-corrected chi connectivity index (χ3v) is 11.8. The molecule has 0 aliphatic carbocycles. The zero-order chi connectivity index (χ0) is 36.8. The van der Waals surface area contributed by atoms with Crippen molar-refractivity contribution >= 4 is 23.0 Å². The summed E-state index contributed by atoms with van der Waals surface area (Å²) in [6.07, 6.45) is -10.4. The van der Waals surface area contributed by atoms with Gasteiger partial charge in [-0.1, -0.05) is 54.6 Å². The smallest absolute Gasteiger partial charge is 0.251 e. The average Bonchev–Trinajstić information content (AvgIpc) is 3.01. The minimum absolute atomic E-state index is 0.365. The third-order valence-electron chi connectivity index (χ3n) is 7.44. The Morgan fingerprint density at radius 3 is 0.979 bits per heavy atom. The summed E-state index contributed by atoms with van der Waals surface area (Å²) in [4.78, 5) is 0. The number of nitrogens with zero attached hydrogens (tertiary/aromatic N) is 1. The number of hydrogen-bond acceptors (Lipinski definition) is 0. The van der Waals surface area contributed by atoms with E-state index in [1.807, 2.05) is 0 Å². The number of hydrogen-bond donors (Lipinski definition) is 0. The second-order valence-electron chi connectivity index (χ2n) is 10.4. The van der Waals surface area contributed by atoms with Crippen LogP contribution in [0.5, 0.6) is 0 Å². The number of halogens is 17. The summed E-state index contributed by atoms with van der Waals surface area (Å²) < 4.78 is 236. The van der Waals surface area contributed by atoms with Gasteiger partial charge >= 0.3 is 47.6 Å². The fourth-order valence-corrected chi connectivity index (χ4v) is 9.06. The van der Waals surface area contributed by atoms with E-state index < -0.39 is 67.7 Å². The number of benzene rings is 3. The molecule has 0 spiro atoms. The quantitative estimate of drug-likeness (QED) is 0.129. The van der Waals surface area contributed by atoms with Crippen LogP contribution in [0.15, 0.2) is 91.0 Å². The van der Waals surface area contributed by atoms with Gasteiger partial charge < -0.3 is 0 Å². The highest BCUT2D eigenvalue weighted by Crippen LogP contribution is 2.64. The molecule has 266 valence electrons. The summed E-state index contributed by atoms with van der Waals surface area (Å²) >= 11 is 0. The SMILES string of the molecule is C[N+](CCC(F)(F)C(F)(F)C(F)(F)C(F)(F)C(F)(F)C(F)(F)C(F)(F)C(F)(F)F)=P(c1ccccc1)(c1ccccc1)c1ccccc1. The Kier molecular flexibility index (Phi) is 10.2. The first kappa shape index (κ1) is 39.1. The minimum atomic E-state index is -8.66. The van der Waals surface area contributed by atoms with Gasteiger partial charge in [0.25, 0.3) is 0 Å². The van der Waals surface area contributed by atoms with Gasteiger partial charge in [0.15, 0.2) is 7.05 Å². The van der Waals surface area contributed by atoms with E-state index in [1.165, 1.54) is 72.8 Å². The van der Waals surface area contributed by atoms with E-state index in [4.69, 9.17) is 0 Å². The van der Waals surface area contributed by atoms with Gasteiger partial charge in [0.05, 0.1) is 6.42 Å². The summed E-state index contributed by atoms with van der Waals surface area (Å²) in [6, 6.07) is 22.7. The molecular weight excluding hydrogens is 716 g/mol. The Hall–Kier alpha value is -3.30. The van der Waals surface area contributed by atoms with Crippen molar-refractivity contribution in [2.75, 3.05) is 13.6 Å². The Morgan fingerprint density at radius 1 is 0.417 bits per heavy atom. The molecule has 1 nitrogen and oxygen atoms in total. The normalized spacial score (nSPS) is 14.6. The molecule has 0 unspecified atom stereocenters. The van der Waals surface area contributed by atoms with Gasteiger partial charge in [0.1, 0.15) is 13.6 Å². The van der Waals surface area contributed by atoms with Crippen LogP contribution in [0.3, 0.4) is 0 Å². The molecule has 0 radical (unpaired) electrons. The Morgan fingerprint density at radius 2 is 0.688 bits per heavy atom. The minimum Gasteiger partial charge on any atom is -0.251 e. The average molecular weight is 738 g/mol. The molecule has 0 bridgehead atoms. The predicted octanol–water partition coefficient (Wildman–Crippen LogP) is 9.21. The molecule has 0 atom stereocenters. The maximum atomic E-state index is 15.0. The fourth-order valence-electron chi connectivity index (χ4n) is 4.78. The van der Waals surface area contributed by atoms with Crippen LogP contribution >= 0.6 is 7.05 Å². The zero-order valence-corrected chi connectivity index (χ0v) is 24.8. The van der Waals surface area contributed by atoms with Crippen LogP contribution in [-0.4, -0.2) is 65.6 Å². The summed E-state index contributed by atoms with van der Waals surface area (Å²) in [5.41, 5.74) is 0. The van der Waals surface area contributed by atoms with Gasteiger partial charge in [0, 0.05) is 15.9 Å². The topological polar surface area (TPSA) is 3.01 Å². The molecule has 3 rings (SSSR count). The fraction of sp³-hybridized carbons (Fsp3) is 0.379. The lowest BCUT2D eigenvalue weighted by molar-refractivity contribution is -0.488. The van der Waals surface area contributed by atoms with E-state index in [-0.39, 0.29) is 0 Å². The number of rotatable bonds is 12. The second kappa shape index (κ2) is 12.5. The monoisotopic (exact) mass is 738 g/mol. The van der Waals surface area contributed by atoms with Crippen molar-refractivity contribution < 1.29 is 79.0 Å². The second-order valence-corrected chi connectivity index (χ2v) is 13.9. The van der Waals surface area contributed by atoms with Crippen molar-refractivity contribution in [2.24, 2.45) is 0 Å². The molecule has 0 aliphatic heterocycles. The van der Waals surface area contributed by atoms with E-state index in [0.717, 1.165) is 11.4 Å². The summed E-state index contributed by atoms with van der Waals surface area (Å²) in [5.74, 6) is -56.6. The third kappa shape index (κ3) is 5.74. The van der Waals surface area contributed by atoms with Crippen LogP contribution in [-0.2, 0) is 0 Å². The van der Waals surface area contributed by atoms with Crippen LogP contribution in [0, 0.1) is 0 Å². The van der Waals surface area contributed by atoms with Crippen molar-refractivity contribution in [1.82, 2.24) is 0 Å². The van der Waals surface area contributed by atoms with Gasteiger partial charge in [-0.05, 0) is 36.4 Å². The van der Waals surface area contributed by atoms with Crippen LogP contribution in [0.25, 0.3) is 0 Å². The molecule has 0 N–H and O–H groups in total. The van der Waals surface area contributed by atoms with E-state index in [1.54, 1.807) is 18.2 Å². The molecule has 48 heavy (non-hydrogen) atoms. The molecule has 0 amide bonds. The molecule has 0 aromatic heterocycles. The van der Waals surface area contributed by atoms with Crippen LogP contribution in [0.1, 0.15) is 6.42 Å². The highest BCUT2D eigenvalue weighted by atomic mass is 31.2. The van der Waals surface area contributed by atoms with Gasteiger partial charge in [-0.2, -0.15) is 74.6 Å². The molecule has 0 saturated carbocycles. The first-order chi connectivity index (χ1) is 21.7. The Bertz CT molecular complexity index is 1500. The van der Waals surface area contributed by atoms with Crippen molar-refractivity contribution in [3.05, 3.63) is 91.0 Å². The van der Waals surface area contributed by atoms with E-state index in [2.05, 4.69) is 0 Å². The Labute approximate surface area is 261 Å². The maximum absolute atomic E-state index is 15.0. The summed E-state index contributed by atoms with van der Waals surface area (Å²) in [7, 11) is -2.36. The van der Waals surface area contributed by atoms with Crippen molar-refractivity contribution in [1.29, 1.82) is 0 Å². The van der Waals surface area contributed by atoms with Crippen molar-refractivity contribution in [2.45, 2.75) is 54.1 Å². The van der Waals surface area contributed by atoms with Crippen LogP contribution in [0.2, 0.25) is 0 Å². The lowest BCUT2D eigenvalue weighted by atomic mass is 9.88. The van der Waals surface area contributed by atoms with Crippen LogP contribution in [0.4, 0.5) is 74.6 Å². The molecule has 3 aromatic rings. The highest BCUT2D eigenvalue weighted by molar-refractivity contribution is 7.85. The summed E-state index contributed by atoms with van der Waals surface area (Å²) in [5, 5.41) is 1.10. The predicted molar refractivity (Wildman–Crippen MR) is 142 cm³/mol. The number of alkyl halides is 17. The van der Waals surface area contributed by atoms with Gasteiger partial charge in [0.2, 0.25) is 0 Å². The molecule has 19 heteroatoms.